The van der Waals surface area contributed by atoms with Gasteiger partial charge in [0.2, 0.25) is 5.91 Å². The van der Waals surface area contributed by atoms with Crippen molar-refractivity contribution in [2.45, 2.75) is 87.1 Å². The zero-order valence-electron chi connectivity index (χ0n) is 25.2. The zero-order chi connectivity index (χ0) is 29.8. The quantitative estimate of drug-likeness (QED) is 0.414. The van der Waals surface area contributed by atoms with Gasteiger partial charge < -0.3 is 34.5 Å². The molecule has 4 unspecified atom stereocenters. The van der Waals surface area contributed by atoms with Crippen LogP contribution in [0.25, 0.3) is 0 Å². The number of hydrogen-bond donors (Lipinski definition) is 3. The van der Waals surface area contributed by atoms with E-state index in [-0.39, 0.29) is 47.8 Å². The lowest BCUT2D eigenvalue weighted by molar-refractivity contribution is -0.337. The first-order chi connectivity index (χ1) is 20.1. The van der Waals surface area contributed by atoms with Crippen molar-refractivity contribution in [3.8, 4) is 0 Å². The molecule has 6 fully saturated rings. The highest BCUT2D eigenvalue weighted by Crippen LogP contribution is 2.79. The predicted molar refractivity (Wildman–Crippen MR) is 152 cm³/mol. The van der Waals surface area contributed by atoms with Crippen molar-refractivity contribution in [2.75, 3.05) is 39.7 Å². The van der Waals surface area contributed by atoms with Gasteiger partial charge in [0.05, 0.1) is 29.6 Å². The first-order valence-electron chi connectivity index (χ1n) is 15.4. The monoisotopic (exact) mass is 584 g/mol. The number of nitrogens with zero attached hydrogens (tertiary/aromatic N) is 1. The number of carbonyl (C=O) groups excluding carboxylic acids is 2. The maximum absolute atomic E-state index is 14.0. The van der Waals surface area contributed by atoms with Gasteiger partial charge in [-0.05, 0) is 44.4 Å². The molecule has 0 aromatic heterocycles. The summed E-state index contributed by atoms with van der Waals surface area (Å²) in [7, 11) is 5.05. The molecule has 1 saturated heterocycles. The number of piperidine rings is 1. The Balaban J connectivity index is 1.38. The largest absolute Gasteiger partial charge is 0.454 e. The van der Waals surface area contributed by atoms with Crippen LogP contribution in [0.4, 0.5) is 5.69 Å². The van der Waals surface area contributed by atoms with Crippen molar-refractivity contribution in [1.29, 1.82) is 0 Å². The molecule has 230 valence electrons. The predicted octanol–water partition coefficient (Wildman–Crippen LogP) is 2.22. The molecule has 42 heavy (non-hydrogen) atoms. The summed E-state index contributed by atoms with van der Waals surface area (Å²) in [5.74, 6) is -1.54. The van der Waals surface area contributed by atoms with E-state index in [2.05, 4.69) is 17.1 Å². The average Bonchev–Trinajstić information content (AvgIpc) is 3.39. The Bertz CT molecular complexity index is 1290. The molecule has 1 heterocycles. The van der Waals surface area contributed by atoms with E-state index in [1.165, 1.54) is 6.92 Å². The van der Waals surface area contributed by atoms with Crippen molar-refractivity contribution < 1.29 is 38.7 Å². The fourth-order valence-corrected chi connectivity index (χ4v) is 11.6. The second-order valence-electron chi connectivity index (χ2n) is 13.7. The minimum atomic E-state index is -1.48. The van der Waals surface area contributed by atoms with Crippen molar-refractivity contribution in [1.82, 2.24) is 4.90 Å². The van der Waals surface area contributed by atoms with Crippen molar-refractivity contribution in [3.63, 3.8) is 0 Å². The van der Waals surface area contributed by atoms with Crippen LogP contribution < -0.4 is 5.32 Å². The minimum absolute atomic E-state index is 0.0432. The molecule has 7 bridgehead atoms. The highest BCUT2D eigenvalue weighted by molar-refractivity contribution is 6.00. The van der Waals surface area contributed by atoms with Crippen LogP contribution in [0.3, 0.4) is 0 Å². The van der Waals surface area contributed by atoms with Crippen LogP contribution in [-0.4, -0.2) is 103 Å². The molecular weight excluding hydrogens is 540 g/mol. The number of fused-ring (bicyclic) bond motifs is 2. The third-order valence-corrected chi connectivity index (χ3v) is 12.6. The van der Waals surface area contributed by atoms with Gasteiger partial charge in [0.25, 0.3) is 0 Å². The number of amides is 1. The number of esters is 1. The lowest BCUT2D eigenvalue weighted by atomic mass is 9.44. The van der Waals surface area contributed by atoms with Gasteiger partial charge in [-0.3, -0.25) is 9.69 Å². The van der Waals surface area contributed by atoms with Gasteiger partial charge in [-0.25, -0.2) is 4.79 Å². The average molecular weight is 585 g/mol. The Hall–Kier alpha value is -2.08. The number of hydrogen-bond acceptors (Lipinski definition) is 9. The number of nitrogens with one attached hydrogen (secondary N) is 1. The van der Waals surface area contributed by atoms with Crippen LogP contribution in [0.2, 0.25) is 0 Å². The second-order valence-corrected chi connectivity index (χ2v) is 13.7. The van der Waals surface area contributed by atoms with Crippen LogP contribution in [0, 0.1) is 29.1 Å². The molecule has 10 heteroatoms. The maximum Gasteiger partial charge on any atom is 0.340 e. The topological polar surface area (TPSA) is 127 Å². The van der Waals surface area contributed by atoms with Crippen molar-refractivity contribution in [3.05, 3.63) is 29.8 Å². The fraction of sp³-hybridized carbons (Fsp3) is 0.750. The summed E-state index contributed by atoms with van der Waals surface area (Å²) in [5.41, 5.74) is -3.57. The van der Waals surface area contributed by atoms with Gasteiger partial charge in [-0.1, -0.05) is 19.1 Å². The van der Waals surface area contributed by atoms with Gasteiger partial charge in [0, 0.05) is 76.3 Å². The second kappa shape index (κ2) is 9.46. The van der Waals surface area contributed by atoms with Gasteiger partial charge in [0.1, 0.15) is 16.8 Å². The molecule has 0 radical (unpaired) electrons. The van der Waals surface area contributed by atoms with Gasteiger partial charge in [0.15, 0.2) is 0 Å². The molecule has 7 rings (SSSR count). The molecule has 1 spiro atoms. The Kier molecular flexibility index (Phi) is 6.46. The van der Waals surface area contributed by atoms with Gasteiger partial charge >= 0.3 is 5.97 Å². The number of carbonyl (C=O) groups is 2. The number of methoxy groups -OCH3 is 3. The summed E-state index contributed by atoms with van der Waals surface area (Å²) < 4.78 is 25.1. The molecule has 6 aliphatic rings. The summed E-state index contributed by atoms with van der Waals surface area (Å²) in [6.45, 7) is 4.79. The molecule has 12 atom stereocenters. The molecule has 3 N–H and O–H groups in total. The van der Waals surface area contributed by atoms with Crippen LogP contribution in [-0.2, 0) is 23.7 Å². The van der Waals surface area contributed by atoms with Crippen LogP contribution in [0.15, 0.2) is 24.3 Å². The molecule has 1 amide bonds. The number of aliphatic hydroxyl groups is 2. The van der Waals surface area contributed by atoms with Crippen molar-refractivity contribution in [2.24, 2.45) is 29.1 Å². The Morgan fingerprint density at radius 1 is 1.07 bits per heavy atom. The van der Waals surface area contributed by atoms with E-state index in [4.69, 9.17) is 18.9 Å². The normalized spacial score (nSPS) is 48.2. The van der Waals surface area contributed by atoms with E-state index in [1.54, 1.807) is 45.6 Å². The first kappa shape index (κ1) is 28.7. The SMILES string of the molecule is CCN1C[C@]2(OC(=O)c3ccccc3NC(C)=O)CC[C@H](OC)C34C5CC6[C@@H](OC)C[C@](O)(C(C[C@@H]32)[C@@H]14)[C@@]5(O)[C@H]6OC. The first-order valence-corrected chi connectivity index (χ1v) is 15.4. The van der Waals surface area contributed by atoms with E-state index in [9.17, 15) is 19.8 Å². The van der Waals surface area contributed by atoms with E-state index in [0.29, 0.717) is 56.4 Å². The number of ether oxygens (including phenoxy) is 4. The number of benzene rings is 1. The summed E-state index contributed by atoms with van der Waals surface area (Å²) in [4.78, 5) is 28.3. The summed E-state index contributed by atoms with van der Waals surface area (Å²) in [5, 5.41) is 28.4. The third kappa shape index (κ3) is 3.21. The van der Waals surface area contributed by atoms with E-state index >= 15 is 0 Å². The van der Waals surface area contributed by atoms with Gasteiger partial charge in [-0.2, -0.15) is 0 Å². The molecule has 5 aliphatic carbocycles. The van der Waals surface area contributed by atoms with E-state index in [1.807, 2.05) is 0 Å². The number of likely N-dealkylation sites (N-methyl/N-ethyl adjacent to an activating group) is 1. The molecule has 1 aromatic rings. The standard InChI is InChI=1S/C32H44N2O8/c1-6-34-16-29(42-28(36)18-9-7-8-10-21(18)33-17(2)35)12-11-25(40-4)31-23(29)14-20(26(31)34)30(37)15-22(39-3)19-13-24(31)32(30,38)27(19)41-5/h7-10,19-20,22-27,37-38H,6,11-16H2,1-5H3,(H,33,35)/t19?,20?,22-,23+,24?,25-,26+,27-,29+,30-,31?,32-/m0/s1. The number of para-hydroxylation sites is 1. The van der Waals surface area contributed by atoms with Crippen molar-refractivity contribution >= 4 is 17.6 Å². The Morgan fingerprint density at radius 2 is 1.83 bits per heavy atom. The molecular formula is C32H44N2O8. The Labute approximate surface area is 247 Å². The van der Waals surface area contributed by atoms with E-state index < -0.39 is 34.3 Å². The summed E-state index contributed by atoms with van der Waals surface area (Å²) >= 11 is 0. The summed E-state index contributed by atoms with van der Waals surface area (Å²) in [6.07, 6.45) is 1.91. The Morgan fingerprint density at radius 3 is 2.50 bits per heavy atom. The highest BCUT2D eigenvalue weighted by atomic mass is 16.6. The molecule has 1 aliphatic heterocycles. The van der Waals surface area contributed by atoms with E-state index in [0.717, 1.165) is 0 Å². The molecule has 10 nitrogen and oxygen atoms in total. The van der Waals surface area contributed by atoms with Gasteiger partial charge in [-0.15, -0.1) is 0 Å². The lowest BCUT2D eigenvalue weighted by Crippen LogP contribution is -2.83. The van der Waals surface area contributed by atoms with Crippen LogP contribution >= 0.6 is 0 Å². The summed E-state index contributed by atoms with van der Waals surface area (Å²) in [6, 6.07) is 6.89. The smallest absolute Gasteiger partial charge is 0.340 e. The number of anilines is 1. The molecule has 5 saturated carbocycles. The minimum Gasteiger partial charge on any atom is -0.454 e. The third-order valence-electron chi connectivity index (χ3n) is 12.6. The fourth-order valence-electron chi connectivity index (χ4n) is 11.6. The maximum atomic E-state index is 14.0. The zero-order valence-corrected chi connectivity index (χ0v) is 25.2. The lowest BCUT2D eigenvalue weighted by Gasteiger charge is -2.70. The van der Waals surface area contributed by atoms with Crippen LogP contribution in [0.1, 0.15) is 56.3 Å². The molecule has 1 aromatic carbocycles. The van der Waals surface area contributed by atoms with Crippen LogP contribution in [0.5, 0.6) is 0 Å². The number of rotatable bonds is 7. The number of likely N-dealkylation sites (tertiary alicyclic amines) is 1. The highest BCUT2D eigenvalue weighted by Gasteiger charge is 2.89.